The van der Waals surface area contributed by atoms with Crippen LogP contribution in [0.4, 0.5) is 10.1 Å². The zero-order valence-corrected chi connectivity index (χ0v) is 10.5. The largest absolute Gasteiger partial charge is 0.381 e. The van der Waals surface area contributed by atoms with Crippen LogP contribution >= 0.6 is 0 Å². The Bertz CT molecular complexity index is 435. The molecular weight excluding hydrogens is 231 g/mol. The van der Waals surface area contributed by atoms with E-state index in [2.05, 4.69) is 4.90 Å². The summed E-state index contributed by atoms with van der Waals surface area (Å²) in [6.45, 7) is 4.14. The molecule has 3 nitrogen and oxygen atoms in total. The summed E-state index contributed by atoms with van der Waals surface area (Å²) in [5.74, 6) is -0.206. The van der Waals surface area contributed by atoms with E-state index in [-0.39, 0.29) is 12.4 Å². The average Bonchev–Trinajstić information content (AvgIpc) is 2.37. The van der Waals surface area contributed by atoms with Gasteiger partial charge in [-0.2, -0.15) is 0 Å². The molecule has 2 saturated heterocycles. The van der Waals surface area contributed by atoms with Crippen molar-refractivity contribution in [3.63, 3.8) is 0 Å². The number of hydrogen-bond donors (Lipinski definition) is 1. The summed E-state index contributed by atoms with van der Waals surface area (Å²) < 4.78 is 18.8. The molecule has 0 bridgehead atoms. The zero-order chi connectivity index (χ0) is 12.6. The predicted molar refractivity (Wildman–Crippen MR) is 69.0 cm³/mol. The van der Waals surface area contributed by atoms with Gasteiger partial charge < -0.3 is 15.4 Å². The van der Waals surface area contributed by atoms with Gasteiger partial charge in [0.05, 0.1) is 0 Å². The number of ether oxygens (including phenoxy) is 1. The third-order valence-electron chi connectivity index (χ3n) is 4.22. The minimum atomic E-state index is -0.206. The Kier molecular flexibility index (Phi) is 2.99. The summed E-state index contributed by atoms with van der Waals surface area (Å²) >= 11 is 0. The Hall–Kier alpha value is -1.13. The van der Waals surface area contributed by atoms with E-state index in [1.54, 1.807) is 0 Å². The second kappa shape index (κ2) is 4.52. The minimum absolute atomic E-state index is 0.206. The van der Waals surface area contributed by atoms with Crippen molar-refractivity contribution in [2.24, 2.45) is 11.1 Å². The highest BCUT2D eigenvalue weighted by molar-refractivity contribution is 5.52. The molecule has 98 valence electrons. The molecule has 2 heterocycles. The minimum Gasteiger partial charge on any atom is -0.381 e. The second-order valence-corrected chi connectivity index (χ2v) is 5.45. The van der Waals surface area contributed by atoms with Gasteiger partial charge in [0, 0.05) is 49.5 Å². The monoisotopic (exact) mass is 250 g/mol. The van der Waals surface area contributed by atoms with Crippen LogP contribution in [-0.4, -0.2) is 26.3 Å². The Morgan fingerprint density at radius 2 is 2.00 bits per heavy atom. The number of rotatable bonds is 2. The van der Waals surface area contributed by atoms with E-state index in [1.165, 1.54) is 6.07 Å². The normalized spacial score (nSPS) is 22.0. The maximum atomic E-state index is 13.4. The molecule has 2 N–H and O–H groups in total. The molecule has 4 heteroatoms. The second-order valence-electron chi connectivity index (χ2n) is 5.45. The molecule has 2 fully saturated rings. The highest BCUT2D eigenvalue weighted by Crippen LogP contribution is 2.42. The summed E-state index contributed by atoms with van der Waals surface area (Å²) in [7, 11) is 0. The van der Waals surface area contributed by atoms with E-state index in [1.807, 2.05) is 12.1 Å². The first-order valence-corrected chi connectivity index (χ1v) is 6.54. The fourth-order valence-electron chi connectivity index (χ4n) is 2.98. The number of benzene rings is 1. The van der Waals surface area contributed by atoms with Gasteiger partial charge in [0.15, 0.2) is 0 Å². The van der Waals surface area contributed by atoms with Crippen LogP contribution in [0, 0.1) is 11.2 Å². The van der Waals surface area contributed by atoms with Gasteiger partial charge in [0.2, 0.25) is 0 Å². The first-order valence-electron chi connectivity index (χ1n) is 6.54. The van der Waals surface area contributed by atoms with Gasteiger partial charge in [-0.3, -0.25) is 0 Å². The highest BCUT2D eigenvalue weighted by Gasteiger charge is 2.43. The predicted octanol–water partition coefficient (Wildman–Crippen LogP) is 1.90. The van der Waals surface area contributed by atoms with E-state index in [0.717, 1.165) is 44.8 Å². The van der Waals surface area contributed by atoms with Crippen LogP contribution in [0.15, 0.2) is 18.2 Å². The Morgan fingerprint density at radius 3 is 2.67 bits per heavy atom. The van der Waals surface area contributed by atoms with Crippen molar-refractivity contribution in [3.8, 4) is 0 Å². The van der Waals surface area contributed by atoms with Crippen LogP contribution in [0.5, 0.6) is 0 Å². The molecular formula is C14H19FN2O. The lowest BCUT2D eigenvalue weighted by atomic mass is 9.73. The van der Waals surface area contributed by atoms with E-state index in [0.29, 0.717) is 11.0 Å². The van der Waals surface area contributed by atoms with Crippen LogP contribution in [0.2, 0.25) is 0 Å². The molecule has 1 spiro atoms. The van der Waals surface area contributed by atoms with Crippen LogP contribution in [0.3, 0.4) is 0 Å². The van der Waals surface area contributed by atoms with Gasteiger partial charge in [-0.25, -0.2) is 4.39 Å². The standard InChI is InChI=1S/C14H19FN2O/c15-13-2-1-12(7-11(13)8-16)17-9-14(10-17)3-5-18-6-4-14/h1-2,7H,3-6,8-10,16H2. The molecule has 0 aromatic heterocycles. The quantitative estimate of drug-likeness (QED) is 0.871. The van der Waals surface area contributed by atoms with E-state index < -0.39 is 0 Å². The van der Waals surface area contributed by atoms with Crippen molar-refractivity contribution in [1.82, 2.24) is 0 Å². The number of nitrogens with two attached hydrogens (primary N) is 1. The highest BCUT2D eigenvalue weighted by atomic mass is 19.1. The molecule has 0 aliphatic carbocycles. The third-order valence-corrected chi connectivity index (χ3v) is 4.22. The van der Waals surface area contributed by atoms with Gasteiger partial charge in [0.25, 0.3) is 0 Å². The Morgan fingerprint density at radius 1 is 1.28 bits per heavy atom. The van der Waals surface area contributed by atoms with Crippen molar-refractivity contribution in [2.45, 2.75) is 19.4 Å². The van der Waals surface area contributed by atoms with Gasteiger partial charge in [-0.05, 0) is 31.0 Å². The van der Waals surface area contributed by atoms with E-state index in [4.69, 9.17) is 10.5 Å². The SMILES string of the molecule is NCc1cc(N2CC3(CCOCC3)C2)ccc1F. The van der Waals surface area contributed by atoms with Crippen LogP contribution in [-0.2, 0) is 11.3 Å². The molecule has 18 heavy (non-hydrogen) atoms. The molecule has 0 saturated carbocycles. The molecule has 0 atom stereocenters. The molecule has 2 aliphatic rings. The van der Waals surface area contributed by atoms with Crippen molar-refractivity contribution in [1.29, 1.82) is 0 Å². The van der Waals surface area contributed by atoms with Gasteiger partial charge in [-0.1, -0.05) is 0 Å². The summed E-state index contributed by atoms with van der Waals surface area (Å²) in [6.07, 6.45) is 2.29. The molecule has 3 rings (SSSR count). The first-order chi connectivity index (χ1) is 8.72. The van der Waals surface area contributed by atoms with E-state index in [9.17, 15) is 4.39 Å². The van der Waals surface area contributed by atoms with Gasteiger partial charge in [-0.15, -0.1) is 0 Å². The van der Waals surface area contributed by atoms with Crippen LogP contribution in [0.1, 0.15) is 18.4 Å². The number of hydrogen-bond acceptors (Lipinski definition) is 3. The average molecular weight is 250 g/mol. The molecule has 2 aliphatic heterocycles. The topological polar surface area (TPSA) is 38.5 Å². The number of halogens is 1. The van der Waals surface area contributed by atoms with Crippen molar-refractivity contribution in [3.05, 3.63) is 29.6 Å². The molecule has 1 aromatic carbocycles. The van der Waals surface area contributed by atoms with Crippen LogP contribution < -0.4 is 10.6 Å². The first kappa shape index (κ1) is 11.9. The molecule has 0 radical (unpaired) electrons. The van der Waals surface area contributed by atoms with E-state index >= 15 is 0 Å². The zero-order valence-electron chi connectivity index (χ0n) is 10.5. The summed E-state index contributed by atoms with van der Waals surface area (Å²) in [5.41, 5.74) is 7.67. The summed E-state index contributed by atoms with van der Waals surface area (Å²) in [6, 6.07) is 5.24. The fraction of sp³-hybridized carbons (Fsp3) is 0.571. The lowest BCUT2D eigenvalue weighted by Gasteiger charge is -2.53. The van der Waals surface area contributed by atoms with Gasteiger partial charge in [0.1, 0.15) is 5.82 Å². The lowest BCUT2D eigenvalue weighted by Crippen LogP contribution is -2.58. The molecule has 0 amide bonds. The van der Waals surface area contributed by atoms with Crippen molar-refractivity contribution < 1.29 is 9.13 Å². The molecule has 1 aromatic rings. The maximum Gasteiger partial charge on any atom is 0.127 e. The fourth-order valence-corrected chi connectivity index (χ4v) is 2.98. The summed E-state index contributed by atoms with van der Waals surface area (Å²) in [5, 5.41) is 0. The van der Waals surface area contributed by atoms with Gasteiger partial charge >= 0.3 is 0 Å². The van der Waals surface area contributed by atoms with Crippen molar-refractivity contribution >= 4 is 5.69 Å². The number of nitrogens with zero attached hydrogens (tertiary/aromatic N) is 1. The summed E-state index contributed by atoms with van der Waals surface area (Å²) in [4.78, 5) is 2.31. The smallest absolute Gasteiger partial charge is 0.127 e. The number of anilines is 1. The Balaban J connectivity index is 1.70. The maximum absolute atomic E-state index is 13.4. The Labute approximate surface area is 107 Å². The molecule has 0 unspecified atom stereocenters. The third kappa shape index (κ3) is 1.99. The van der Waals surface area contributed by atoms with Crippen LogP contribution in [0.25, 0.3) is 0 Å². The lowest BCUT2D eigenvalue weighted by molar-refractivity contribution is -0.000197. The van der Waals surface area contributed by atoms with Crippen molar-refractivity contribution in [2.75, 3.05) is 31.2 Å².